The van der Waals surface area contributed by atoms with Crippen molar-refractivity contribution in [2.24, 2.45) is 11.3 Å². The number of Topliss-reactive ketones (excluding diaryl/α,β-unsaturated/α-hetero) is 5. The van der Waals surface area contributed by atoms with Crippen molar-refractivity contribution < 1.29 is 43.3 Å². The van der Waals surface area contributed by atoms with Gasteiger partial charge in [-0.3, -0.25) is 38.9 Å². The number of ketones is 5. The van der Waals surface area contributed by atoms with Gasteiger partial charge in [0.2, 0.25) is 0 Å². The second-order valence-electron chi connectivity index (χ2n) is 28.5. The molecule has 4 saturated heterocycles. The summed E-state index contributed by atoms with van der Waals surface area (Å²) in [5.74, 6) is 10.7. The molecule has 14 rings (SSSR count). The van der Waals surface area contributed by atoms with Crippen LogP contribution in [0.15, 0.2) is 77.0 Å². The number of rotatable bonds is 13. The quantitative estimate of drug-likeness (QED) is 0.0571. The van der Waals surface area contributed by atoms with Crippen LogP contribution in [-0.4, -0.2) is 175 Å². The van der Waals surface area contributed by atoms with Gasteiger partial charge in [0, 0.05) is 153 Å². The molecule has 1 atom stereocenters. The third-order valence-electron chi connectivity index (χ3n) is 22.2. The van der Waals surface area contributed by atoms with Crippen LogP contribution >= 0.6 is 11.8 Å². The number of fused-ring (bicyclic) bond motifs is 4. The molecule has 4 aromatic heterocycles. The van der Waals surface area contributed by atoms with Crippen molar-refractivity contribution in [1.82, 2.24) is 44.5 Å². The number of carbonyl (C=O) groups excluding carboxylic acids is 5. The number of piperidine rings is 4. The second-order valence-corrected chi connectivity index (χ2v) is 29.3. The van der Waals surface area contributed by atoms with Crippen molar-refractivity contribution in [3.63, 3.8) is 0 Å². The first-order valence-corrected chi connectivity index (χ1v) is 36.1. The molecule has 6 aliphatic carbocycles. The maximum absolute atomic E-state index is 12.6. The number of terminal acetylenes is 4. The molecule has 0 aromatic carbocycles. The monoisotopic (exact) mass is 1370 g/mol. The van der Waals surface area contributed by atoms with E-state index < -0.39 is 6.10 Å². The van der Waals surface area contributed by atoms with Gasteiger partial charge < -0.3 is 38.9 Å². The topological polar surface area (TPSA) is 211 Å². The molecule has 100 heavy (non-hydrogen) atoms. The fourth-order valence-corrected chi connectivity index (χ4v) is 15.1. The smallest absolute Gasteiger partial charge is 0.187 e. The van der Waals surface area contributed by atoms with Crippen LogP contribution in [0.3, 0.4) is 0 Å². The van der Waals surface area contributed by atoms with Gasteiger partial charge in [-0.2, -0.15) is 0 Å². The van der Waals surface area contributed by atoms with Gasteiger partial charge >= 0.3 is 0 Å². The number of aliphatic hydroxyl groups excluding tert-OH is 1. The third kappa shape index (κ3) is 15.1. The number of thioether (sulfide) groups is 1. The first kappa shape index (κ1) is 72.5. The zero-order chi connectivity index (χ0) is 71.4. The Hall–Kier alpha value is -8.79. The molecule has 0 radical (unpaired) electrons. The van der Waals surface area contributed by atoms with Crippen LogP contribution in [0.25, 0.3) is 28.9 Å². The number of nitrogens with zero attached hydrogens (tertiary/aromatic N) is 9. The normalized spacial score (nSPS) is 21.0. The van der Waals surface area contributed by atoms with E-state index in [2.05, 4.69) is 95.6 Å². The molecule has 1 N–H and O–H groups in total. The molecule has 520 valence electrons. The largest absolute Gasteiger partial charge is 0.387 e. The minimum atomic E-state index is -0.540. The van der Waals surface area contributed by atoms with Gasteiger partial charge in [0.15, 0.2) is 34.1 Å². The summed E-state index contributed by atoms with van der Waals surface area (Å²) < 4.78 is 16.9. The number of pyridine rings is 3. The molecule has 4 aliphatic heterocycles. The number of methoxy groups -OCH3 is 3. The summed E-state index contributed by atoms with van der Waals surface area (Å²) in [6, 6.07) is 5.72. The lowest BCUT2D eigenvalue weighted by atomic mass is 9.86. The van der Waals surface area contributed by atoms with E-state index in [0.717, 1.165) is 182 Å². The summed E-state index contributed by atoms with van der Waals surface area (Å²) in [6.07, 6.45) is 46.8. The van der Waals surface area contributed by atoms with Crippen molar-refractivity contribution in [3.05, 3.63) is 134 Å². The molecule has 4 aromatic rings. The number of carbonyl (C=O) groups is 5. The van der Waals surface area contributed by atoms with E-state index >= 15 is 0 Å². The maximum atomic E-state index is 12.6. The van der Waals surface area contributed by atoms with Crippen LogP contribution in [-0.2, 0) is 59.1 Å². The standard InChI is InChI=1S/C22H26N2O3.C21H24N2O3.C20H22N2O2.C18H19N3OS/c1-4-16-19(25)11-15-13-23-18(21(26)14-5-6-14)12-17(15)20(16)24-9-7-22(2,27-3)8-10-24;1-5-15-19(25)11-14-13-22-17(18(24)6-2)12-16(14)20(15)23-9-7-21(3,26-4)8-10-23;1-5-15-12-17-14(13-21-15)11-18(23)16(6-2)19(17)22-9-7-20(3,24-4)8-10-22;1-3-13-14(22)10-12-11-19-17(23-2)20-15(12)16(13)21-8-6-18(4-5-18)7-9-21/h1,12-14,21,26H,5-11H2,2-3H3;1,12-13H,6-11H2,2-4H3;2,5,12-13H,1,7-11H2,3-4H3;1,11H,4-10H2,2H3. The third-order valence-corrected chi connectivity index (χ3v) is 22.8. The van der Waals surface area contributed by atoms with Crippen LogP contribution in [0.1, 0.15) is 184 Å². The summed E-state index contributed by atoms with van der Waals surface area (Å²) in [5, 5.41) is 11.2. The summed E-state index contributed by atoms with van der Waals surface area (Å²) in [5.41, 5.74) is 14.5. The molecule has 0 bridgehead atoms. The first-order chi connectivity index (χ1) is 48.0. The lowest BCUT2D eigenvalue weighted by Gasteiger charge is -2.41. The van der Waals surface area contributed by atoms with Gasteiger partial charge in [-0.25, -0.2) is 9.97 Å². The molecular weight excluding hydrogens is 1280 g/mol. The van der Waals surface area contributed by atoms with Crippen molar-refractivity contribution >= 4 is 69.5 Å². The van der Waals surface area contributed by atoms with Crippen molar-refractivity contribution in [2.45, 2.75) is 165 Å². The Morgan fingerprint density at radius 3 is 1.35 bits per heavy atom. The molecule has 1 unspecified atom stereocenters. The number of hydrogen-bond acceptors (Lipinski definition) is 19. The predicted molar refractivity (Wildman–Crippen MR) is 388 cm³/mol. The molecule has 0 amide bonds. The molecule has 10 aliphatic rings. The number of allylic oxidation sites excluding steroid dienone is 4. The van der Waals surface area contributed by atoms with E-state index in [1.54, 1.807) is 58.3 Å². The Bertz CT molecular complexity index is 4260. The van der Waals surface area contributed by atoms with E-state index in [-0.39, 0.29) is 58.6 Å². The minimum absolute atomic E-state index is 0.00627. The van der Waals surface area contributed by atoms with Crippen LogP contribution in [0, 0.1) is 60.7 Å². The Kier molecular flexibility index (Phi) is 21.9. The fourth-order valence-electron chi connectivity index (χ4n) is 14.7. The highest BCUT2D eigenvalue weighted by Crippen LogP contribution is 2.55. The van der Waals surface area contributed by atoms with E-state index in [1.165, 1.54) is 37.4 Å². The Morgan fingerprint density at radius 2 is 0.950 bits per heavy atom. The van der Waals surface area contributed by atoms with Gasteiger partial charge in [-0.15, -0.1) is 25.7 Å². The van der Waals surface area contributed by atoms with Crippen LogP contribution < -0.4 is 0 Å². The zero-order valence-corrected chi connectivity index (χ0v) is 59.9. The lowest BCUT2D eigenvalue weighted by Crippen LogP contribution is -2.43. The maximum Gasteiger partial charge on any atom is 0.187 e. The number of aliphatic hydroxyl groups is 1. The summed E-state index contributed by atoms with van der Waals surface area (Å²) in [6.45, 7) is 18.5. The zero-order valence-electron chi connectivity index (χ0n) is 59.1. The molecule has 19 heteroatoms. The van der Waals surface area contributed by atoms with Gasteiger partial charge in [-0.1, -0.05) is 48.9 Å². The second kappa shape index (κ2) is 30.2. The molecular formula is C81H91N9O9S. The van der Waals surface area contributed by atoms with E-state index in [9.17, 15) is 29.1 Å². The molecule has 6 fully saturated rings. The summed E-state index contributed by atoms with van der Waals surface area (Å²) in [7, 11) is 5.23. The van der Waals surface area contributed by atoms with Gasteiger partial charge in [-0.05, 0) is 156 Å². The van der Waals surface area contributed by atoms with Crippen LogP contribution in [0.2, 0.25) is 0 Å². The average molecular weight is 1370 g/mol. The highest BCUT2D eigenvalue weighted by atomic mass is 32.2. The van der Waals surface area contributed by atoms with Gasteiger partial charge in [0.25, 0.3) is 0 Å². The van der Waals surface area contributed by atoms with Crippen LogP contribution in [0.5, 0.6) is 0 Å². The molecule has 8 heterocycles. The average Bonchev–Trinajstić information content (AvgIpc) is 1.07. The number of ether oxygens (including phenoxy) is 3. The number of hydrogen-bond donors (Lipinski definition) is 1. The van der Waals surface area contributed by atoms with Crippen molar-refractivity contribution in [2.75, 3.05) is 79.9 Å². The summed E-state index contributed by atoms with van der Waals surface area (Å²) in [4.78, 5) is 93.1. The fraction of sp³-hybridized carbons (Fsp3) is 0.481. The molecule has 18 nitrogen and oxygen atoms in total. The number of likely N-dealkylation sites (tertiary alicyclic amines) is 4. The minimum Gasteiger partial charge on any atom is -0.387 e. The Morgan fingerprint density at radius 1 is 0.570 bits per heavy atom. The van der Waals surface area contributed by atoms with Crippen molar-refractivity contribution in [1.29, 1.82) is 0 Å². The first-order valence-electron chi connectivity index (χ1n) is 34.9. The highest BCUT2D eigenvalue weighted by Gasteiger charge is 2.46. The van der Waals surface area contributed by atoms with Gasteiger partial charge in [0.05, 0.1) is 85.1 Å². The lowest BCUT2D eigenvalue weighted by molar-refractivity contribution is -0.115. The SMILES string of the molecule is C#CC1=C(N2CCC(C)(OC)CC2)c2cc(C(=O)CC)ncc2CC1=O.C#CC1=C(N2CCC(C)(OC)CC2)c2cc(C(O)C3CC3)ncc2CC1=O.C#CC1=C(N2CCC(C)(OC)CC2)c2cc(C=C)ncc2CC1=O.C#CC1=C(N2CCC3(CC2)CC3)c2nc(SC)ncc2CC1=O. The van der Waals surface area contributed by atoms with Crippen molar-refractivity contribution in [3.8, 4) is 49.4 Å². The molecule has 1 spiro atoms. The van der Waals surface area contributed by atoms with E-state index in [4.69, 9.17) is 39.9 Å². The Balaban J connectivity index is 0.000000135. The Labute approximate surface area is 593 Å². The van der Waals surface area contributed by atoms with E-state index in [1.807, 2.05) is 25.3 Å². The van der Waals surface area contributed by atoms with Gasteiger partial charge in [0.1, 0.15) is 5.69 Å². The molecule has 2 saturated carbocycles. The number of aromatic nitrogens is 5. The van der Waals surface area contributed by atoms with Crippen LogP contribution in [0.4, 0.5) is 0 Å². The predicted octanol–water partition coefficient (Wildman–Crippen LogP) is 10.4. The highest BCUT2D eigenvalue weighted by molar-refractivity contribution is 7.98. The summed E-state index contributed by atoms with van der Waals surface area (Å²) >= 11 is 1.51. The van der Waals surface area contributed by atoms with E-state index in [0.29, 0.717) is 64.3 Å².